The number of nitrogens with zero attached hydrogens (tertiary/aromatic N) is 3. The van der Waals surface area contributed by atoms with E-state index < -0.39 is 0 Å². The molecule has 4 nitrogen and oxygen atoms in total. The molecular formula is C19H32N4. The van der Waals surface area contributed by atoms with E-state index in [1.165, 1.54) is 31.2 Å². The van der Waals surface area contributed by atoms with Crippen LogP contribution in [0, 0.1) is 0 Å². The molecular weight excluding hydrogens is 284 g/mol. The molecule has 2 rings (SSSR count). The van der Waals surface area contributed by atoms with Crippen LogP contribution in [0.5, 0.6) is 0 Å². The molecule has 23 heavy (non-hydrogen) atoms. The first-order valence-corrected chi connectivity index (χ1v) is 8.96. The first-order valence-electron chi connectivity index (χ1n) is 8.96. The van der Waals surface area contributed by atoms with Crippen LogP contribution < -0.4 is 5.73 Å². The van der Waals surface area contributed by atoms with Crippen LogP contribution in [-0.2, 0) is 6.54 Å². The van der Waals surface area contributed by atoms with E-state index in [1.807, 2.05) is 0 Å². The first-order chi connectivity index (χ1) is 11.2. The summed E-state index contributed by atoms with van der Waals surface area (Å²) in [5, 5.41) is 0. The number of benzene rings is 1. The Morgan fingerprint density at radius 3 is 2.48 bits per heavy atom. The molecule has 1 fully saturated rings. The third kappa shape index (κ3) is 6.22. The van der Waals surface area contributed by atoms with Gasteiger partial charge in [0.2, 0.25) is 0 Å². The van der Waals surface area contributed by atoms with E-state index in [9.17, 15) is 0 Å². The normalized spacial score (nSPS) is 18.0. The number of aliphatic imine (C=N–C) groups is 1. The number of nitrogens with two attached hydrogens (primary N) is 1. The molecule has 1 heterocycles. The van der Waals surface area contributed by atoms with Crippen LogP contribution in [0.15, 0.2) is 35.3 Å². The van der Waals surface area contributed by atoms with Gasteiger partial charge in [-0.2, -0.15) is 0 Å². The van der Waals surface area contributed by atoms with Crippen LogP contribution in [0.4, 0.5) is 0 Å². The summed E-state index contributed by atoms with van der Waals surface area (Å²) >= 11 is 0. The van der Waals surface area contributed by atoms with E-state index in [2.05, 4.69) is 59.1 Å². The molecule has 1 atom stereocenters. The van der Waals surface area contributed by atoms with Gasteiger partial charge in [0.15, 0.2) is 5.96 Å². The lowest BCUT2D eigenvalue weighted by Crippen LogP contribution is -2.38. The summed E-state index contributed by atoms with van der Waals surface area (Å²) in [5.74, 6) is 0.741. The average Bonchev–Trinajstić information content (AvgIpc) is 2.85. The molecule has 0 bridgehead atoms. The summed E-state index contributed by atoms with van der Waals surface area (Å²) in [5.41, 5.74) is 7.52. The predicted octanol–water partition coefficient (Wildman–Crippen LogP) is 3.09. The van der Waals surface area contributed by atoms with Crippen LogP contribution in [0.3, 0.4) is 0 Å². The fourth-order valence-electron chi connectivity index (χ4n) is 3.01. The van der Waals surface area contributed by atoms with Crippen molar-refractivity contribution in [3.63, 3.8) is 0 Å². The lowest BCUT2D eigenvalue weighted by atomic mass is 10.1. The number of likely N-dealkylation sites (tertiary alicyclic amines) is 1. The highest BCUT2D eigenvalue weighted by Gasteiger charge is 2.12. The van der Waals surface area contributed by atoms with Crippen molar-refractivity contribution in [2.75, 3.05) is 26.7 Å². The average molecular weight is 316 g/mol. The lowest BCUT2D eigenvalue weighted by Gasteiger charge is -2.25. The second-order valence-corrected chi connectivity index (χ2v) is 6.68. The van der Waals surface area contributed by atoms with Crippen molar-refractivity contribution in [1.82, 2.24) is 9.80 Å². The molecule has 0 spiro atoms. The molecule has 1 aromatic rings. The largest absolute Gasteiger partial charge is 0.370 e. The minimum atomic E-state index is 0.496. The van der Waals surface area contributed by atoms with Gasteiger partial charge in [0, 0.05) is 32.2 Å². The summed E-state index contributed by atoms with van der Waals surface area (Å²) in [4.78, 5) is 9.25. The van der Waals surface area contributed by atoms with Gasteiger partial charge in [-0.25, -0.2) is 0 Å². The van der Waals surface area contributed by atoms with Crippen LogP contribution in [0.1, 0.15) is 44.6 Å². The standard InChI is InChI=1S/C19H32N4/c1-17(22(2)16-18-10-6-5-7-11-18)12-13-21-19(20)23-14-8-3-4-9-15-23/h5-7,10-11,17H,3-4,8-9,12-16H2,1-2H3,(H2,20,21). The molecule has 1 aliphatic rings. The second-order valence-electron chi connectivity index (χ2n) is 6.68. The number of guanidine groups is 1. The van der Waals surface area contributed by atoms with Gasteiger partial charge in [0.25, 0.3) is 0 Å². The Balaban J connectivity index is 1.74. The van der Waals surface area contributed by atoms with E-state index in [1.54, 1.807) is 0 Å². The molecule has 1 unspecified atom stereocenters. The molecule has 1 saturated heterocycles. The molecule has 1 aliphatic heterocycles. The third-order valence-corrected chi connectivity index (χ3v) is 4.78. The van der Waals surface area contributed by atoms with Crippen molar-refractivity contribution in [1.29, 1.82) is 0 Å². The molecule has 1 aromatic carbocycles. The zero-order chi connectivity index (χ0) is 16.5. The molecule has 0 saturated carbocycles. The fourth-order valence-corrected chi connectivity index (χ4v) is 3.01. The van der Waals surface area contributed by atoms with Crippen molar-refractivity contribution >= 4 is 5.96 Å². The number of hydrogen-bond acceptors (Lipinski definition) is 2. The monoisotopic (exact) mass is 316 g/mol. The summed E-state index contributed by atoms with van der Waals surface area (Å²) in [6.07, 6.45) is 6.17. The summed E-state index contributed by atoms with van der Waals surface area (Å²) in [6.45, 7) is 6.19. The third-order valence-electron chi connectivity index (χ3n) is 4.78. The smallest absolute Gasteiger partial charge is 0.191 e. The van der Waals surface area contributed by atoms with E-state index in [4.69, 9.17) is 5.73 Å². The molecule has 0 amide bonds. The van der Waals surface area contributed by atoms with Crippen molar-refractivity contribution in [2.45, 2.75) is 51.6 Å². The Bertz CT molecular complexity index is 464. The molecule has 0 aromatic heterocycles. The van der Waals surface area contributed by atoms with E-state index in [-0.39, 0.29) is 0 Å². The number of hydrogen-bond donors (Lipinski definition) is 1. The molecule has 4 heteroatoms. The molecule has 0 radical (unpaired) electrons. The van der Waals surface area contributed by atoms with Crippen molar-refractivity contribution in [3.8, 4) is 0 Å². The highest BCUT2D eigenvalue weighted by atomic mass is 15.2. The molecule has 2 N–H and O–H groups in total. The van der Waals surface area contributed by atoms with Gasteiger partial charge in [-0.05, 0) is 38.8 Å². The SMILES string of the molecule is CC(CCN=C(N)N1CCCCCC1)N(C)Cc1ccccc1. The van der Waals surface area contributed by atoms with E-state index >= 15 is 0 Å². The van der Waals surface area contributed by atoms with Crippen LogP contribution >= 0.6 is 0 Å². The minimum absolute atomic E-state index is 0.496. The minimum Gasteiger partial charge on any atom is -0.370 e. The quantitative estimate of drug-likeness (QED) is 0.648. The van der Waals surface area contributed by atoms with Crippen molar-refractivity contribution < 1.29 is 0 Å². The Hall–Kier alpha value is -1.55. The van der Waals surface area contributed by atoms with Gasteiger partial charge >= 0.3 is 0 Å². The van der Waals surface area contributed by atoms with Crippen LogP contribution in [0.2, 0.25) is 0 Å². The lowest BCUT2D eigenvalue weighted by molar-refractivity contribution is 0.240. The summed E-state index contributed by atoms with van der Waals surface area (Å²) < 4.78 is 0. The van der Waals surface area contributed by atoms with Gasteiger partial charge in [-0.15, -0.1) is 0 Å². The Morgan fingerprint density at radius 1 is 1.17 bits per heavy atom. The zero-order valence-electron chi connectivity index (χ0n) is 14.7. The summed E-state index contributed by atoms with van der Waals surface area (Å²) in [6, 6.07) is 11.1. The maximum absolute atomic E-state index is 6.17. The van der Waals surface area contributed by atoms with Gasteiger partial charge in [-0.1, -0.05) is 43.2 Å². The predicted molar refractivity (Wildman–Crippen MR) is 98.5 cm³/mol. The Labute approximate surface area is 141 Å². The van der Waals surface area contributed by atoms with Gasteiger partial charge < -0.3 is 10.6 Å². The highest BCUT2D eigenvalue weighted by Crippen LogP contribution is 2.10. The van der Waals surface area contributed by atoms with Crippen molar-refractivity contribution in [2.24, 2.45) is 10.7 Å². The van der Waals surface area contributed by atoms with E-state index in [0.29, 0.717) is 6.04 Å². The van der Waals surface area contributed by atoms with Gasteiger partial charge in [-0.3, -0.25) is 9.89 Å². The van der Waals surface area contributed by atoms with Gasteiger partial charge in [0.1, 0.15) is 0 Å². The summed E-state index contributed by atoms with van der Waals surface area (Å²) in [7, 11) is 2.18. The Kier molecular flexibility index (Phi) is 7.40. The molecule has 128 valence electrons. The van der Waals surface area contributed by atoms with Crippen LogP contribution in [0.25, 0.3) is 0 Å². The maximum Gasteiger partial charge on any atom is 0.191 e. The fraction of sp³-hybridized carbons (Fsp3) is 0.632. The van der Waals surface area contributed by atoms with Crippen molar-refractivity contribution in [3.05, 3.63) is 35.9 Å². The highest BCUT2D eigenvalue weighted by molar-refractivity contribution is 5.78. The van der Waals surface area contributed by atoms with E-state index in [0.717, 1.165) is 38.6 Å². The van der Waals surface area contributed by atoms with Crippen LogP contribution in [-0.4, -0.2) is 48.5 Å². The maximum atomic E-state index is 6.17. The first kappa shape index (κ1) is 17.8. The number of rotatable bonds is 6. The second kappa shape index (κ2) is 9.56. The Morgan fingerprint density at radius 2 is 1.83 bits per heavy atom. The zero-order valence-corrected chi connectivity index (χ0v) is 14.7. The molecule has 0 aliphatic carbocycles. The topological polar surface area (TPSA) is 44.9 Å². The van der Waals surface area contributed by atoms with Gasteiger partial charge in [0.05, 0.1) is 0 Å².